The largest absolute Gasteiger partial charge is 0.379 e. The number of carbonyl (C=O) groups is 1. The van der Waals surface area contributed by atoms with Gasteiger partial charge in [0.2, 0.25) is 6.41 Å². The number of carbonyl (C=O) groups excluding carboxylic acids is 1. The minimum absolute atomic E-state index is 0.116. The molecular weight excluding hydrogens is 328 g/mol. The van der Waals surface area contributed by atoms with Crippen molar-refractivity contribution in [3.8, 4) is 0 Å². The van der Waals surface area contributed by atoms with Crippen LogP contribution < -0.4 is 10.4 Å². The van der Waals surface area contributed by atoms with E-state index in [1.165, 1.54) is 30.3 Å². The summed E-state index contributed by atoms with van der Waals surface area (Å²) in [5.74, 6) is -0.908. The van der Waals surface area contributed by atoms with Gasteiger partial charge < -0.3 is 4.74 Å². The van der Waals surface area contributed by atoms with Crippen molar-refractivity contribution in [2.24, 2.45) is 0 Å². The van der Waals surface area contributed by atoms with Crippen molar-refractivity contribution in [3.63, 3.8) is 0 Å². The summed E-state index contributed by atoms with van der Waals surface area (Å²) in [5.41, 5.74) is 4.26. The summed E-state index contributed by atoms with van der Waals surface area (Å²) in [6, 6.07) is 10.1. The van der Waals surface area contributed by atoms with Gasteiger partial charge in [-0.25, -0.2) is 13.8 Å². The molecule has 1 saturated heterocycles. The van der Waals surface area contributed by atoms with Gasteiger partial charge in [-0.1, -0.05) is 6.07 Å². The van der Waals surface area contributed by atoms with E-state index < -0.39 is 5.82 Å². The Morgan fingerprint density at radius 2 is 1.84 bits per heavy atom. The summed E-state index contributed by atoms with van der Waals surface area (Å²) in [5, 5.41) is 1.05. The van der Waals surface area contributed by atoms with Crippen LogP contribution in [-0.2, 0) is 16.1 Å². The van der Waals surface area contributed by atoms with Crippen LogP contribution in [0.15, 0.2) is 42.5 Å². The van der Waals surface area contributed by atoms with Gasteiger partial charge in [-0.3, -0.25) is 15.1 Å². The normalized spacial score (nSPS) is 15.0. The van der Waals surface area contributed by atoms with Crippen LogP contribution in [0.25, 0.3) is 0 Å². The third-order valence-corrected chi connectivity index (χ3v) is 3.98. The van der Waals surface area contributed by atoms with Gasteiger partial charge in [0.25, 0.3) is 0 Å². The second-order valence-corrected chi connectivity index (χ2v) is 5.77. The van der Waals surface area contributed by atoms with Crippen LogP contribution in [0.1, 0.15) is 5.56 Å². The third kappa shape index (κ3) is 4.52. The Kier molecular flexibility index (Phi) is 5.57. The zero-order valence-electron chi connectivity index (χ0n) is 13.6. The highest BCUT2D eigenvalue weighted by Gasteiger charge is 2.15. The fourth-order valence-corrected chi connectivity index (χ4v) is 2.67. The zero-order valence-corrected chi connectivity index (χ0v) is 13.6. The standard InChI is InChI=1S/C18H19F2N3O2/c19-15-2-4-16(5-3-15)21-23(13-24)18-11-14(1-6-17(18)20)12-22-7-9-25-10-8-22/h1-6,11,13,21H,7-10,12H2. The van der Waals surface area contributed by atoms with Gasteiger partial charge in [-0.15, -0.1) is 0 Å². The number of morpholine rings is 1. The van der Waals surface area contributed by atoms with Crippen LogP contribution in [0.4, 0.5) is 20.2 Å². The van der Waals surface area contributed by atoms with Crippen LogP contribution in [-0.4, -0.2) is 37.6 Å². The number of hydrazine groups is 1. The molecule has 0 unspecified atom stereocenters. The van der Waals surface area contributed by atoms with E-state index in [4.69, 9.17) is 4.74 Å². The van der Waals surface area contributed by atoms with Gasteiger partial charge in [0.15, 0.2) is 0 Å². The van der Waals surface area contributed by atoms with Gasteiger partial charge in [-0.2, -0.15) is 0 Å². The zero-order chi connectivity index (χ0) is 17.6. The number of hydrogen-bond donors (Lipinski definition) is 1. The first-order chi connectivity index (χ1) is 12.2. The van der Waals surface area contributed by atoms with Crippen LogP contribution in [0, 0.1) is 11.6 Å². The Bertz CT molecular complexity index is 719. The van der Waals surface area contributed by atoms with Crippen LogP contribution in [0.5, 0.6) is 0 Å². The van der Waals surface area contributed by atoms with E-state index in [9.17, 15) is 13.6 Å². The Balaban J connectivity index is 1.77. The molecule has 0 aliphatic carbocycles. The van der Waals surface area contributed by atoms with E-state index in [1.54, 1.807) is 12.1 Å². The Labute approximate surface area is 144 Å². The van der Waals surface area contributed by atoms with Crippen LogP contribution >= 0.6 is 0 Å². The predicted octanol–water partition coefficient (Wildman–Crippen LogP) is 2.79. The van der Waals surface area contributed by atoms with E-state index in [0.29, 0.717) is 31.9 Å². The van der Waals surface area contributed by atoms with Crippen molar-refractivity contribution in [1.29, 1.82) is 0 Å². The highest BCUT2D eigenvalue weighted by molar-refractivity contribution is 5.79. The highest BCUT2D eigenvalue weighted by atomic mass is 19.1. The summed E-state index contributed by atoms with van der Waals surface area (Å²) < 4.78 is 32.5. The lowest BCUT2D eigenvalue weighted by Crippen LogP contribution is -2.35. The first kappa shape index (κ1) is 17.3. The quantitative estimate of drug-likeness (QED) is 0.645. The minimum Gasteiger partial charge on any atom is -0.379 e. The summed E-state index contributed by atoms with van der Waals surface area (Å²) in [6.07, 6.45) is 0.486. The third-order valence-electron chi connectivity index (χ3n) is 3.98. The Morgan fingerprint density at radius 1 is 1.12 bits per heavy atom. The van der Waals surface area contributed by atoms with E-state index in [0.717, 1.165) is 23.7 Å². The summed E-state index contributed by atoms with van der Waals surface area (Å²) >= 11 is 0. The maximum Gasteiger partial charge on any atom is 0.232 e. The molecule has 1 aliphatic rings. The molecule has 1 aliphatic heterocycles. The number of hydrogen-bond acceptors (Lipinski definition) is 4. The average molecular weight is 347 g/mol. The lowest BCUT2D eigenvalue weighted by molar-refractivity contribution is -0.107. The maximum atomic E-state index is 14.2. The molecule has 0 spiro atoms. The summed E-state index contributed by atoms with van der Waals surface area (Å²) in [7, 11) is 0. The number of ether oxygens (including phenoxy) is 1. The molecule has 3 rings (SSSR count). The second kappa shape index (κ2) is 8.04. The lowest BCUT2D eigenvalue weighted by Gasteiger charge is -2.27. The fourth-order valence-electron chi connectivity index (χ4n) is 2.67. The van der Waals surface area contributed by atoms with Crippen molar-refractivity contribution in [2.45, 2.75) is 6.54 Å². The van der Waals surface area contributed by atoms with E-state index >= 15 is 0 Å². The number of nitrogens with one attached hydrogen (secondary N) is 1. The predicted molar refractivity (Wildman–Crippen MR) is 91.1 cm³/mol. The summed E-state index contributed by atoms with van der Waals surface area (Å²) in [4.78, 5) is 13.6. The molecule has 7 heteroatoms. The molecule has 0 radical (unpaired) electrons. The van der Waals surface area contributed by atoms with Crippen molar-refractivity contribution < 1.29 is 18.3 Å². The first-order valence-electron chi connectivity index (χ1n) is 8.01. The molecule has 1 N–H and O–H groups in total. The van der Waals surface area contributed by atoms with Gasteiger partial charge in [-0.05, 0) is 42.0 Å². The highest BCUT2D eigenvalue weighted by Crippen LogP contribution is 2.22. The van der Waals surface area contributed by atoms with Crippen molar-refractivity contribution in [3.05, 3.63) is 59.7 Å². The van der Waals surface area contributed by atoms with Crippen molar-refractivity contribution in [2.75, 3.05) is 36.7 Å². The number of amides is 1. The average Bonchev–Trinajstić information content (AvgIpc) is 2.64. The molecule has 2 aromatic carbocycles. The van der Waals surface area contributed by atoms with Gasteiger partial charge in [0, 0.05) is 19.6 Å². The molecule has 5 nitrogen and oxygen atoms in total. The van der Waals surface area contributed by atoms with Gasteiger partial charge in [0.1, 0.15) is 17.3 Å². The molecule has 1 heterocycles. The monoisotopic (exact) mass is 347 g/mol. The van der Waals surface area contributed by atoms with Gasteiger partial charge >= 0.3 is 0 Å². The molecule has 0 bridgehead atoms. The first-order valence-corrected chi connectivity index (χ1v) is 8.01. The number of nitrogens with zero attached hydrogens (tertiary/aromatic N) is 2. The molecular formula is C18H19F2N3O2. The lowest BCUT2D eigenvalue weighted by atomic mass is 10.1. The molecule has 0 saturated carbocycles. The van der Waals surface area contributed by atoms with Crippen molar-refractivity contribution in [1.82, 2.24) is 4.90 Å². The smallest absolute Gasteiger partial charge is 0.232 e. The molecule has 2 aromatic rings. The van der Waals surface area contributed by atoms with E-state index in [-0.39, 0.29) is 11.5 Å². The second-order valence-electron chi connectivity index (χ2n) is 5.77. The van der Waals surface area contributed by atoms with E-state index in [2.05, 4.69) is 10.3 Å². The topological polar surface area (TPSA) is 44.8 Å². The molecule has 1 fully saturated rings. The number of halogens is 2. The molecule has 0 atom stereocenters. The number of anilines is 2. The molecule has 25 heavy (non-hydrogen) atoms. The molecule has 132 valence electrons. The number of benzene rings is 2. The van der Waals surface area contributed by atoms with E-state index in [1.807, 2.05) is 0 Å². The van der Waals surface area contributed by atoms with Crippen LogP contribution in [0.2, 0.25) is 0 Å². The SMILES string of the molecule is O=CN(Nc1ccc(F)cc1)c1cc(CN2CCOCC2)ccc1F. The minimum atomic E-state index is -0.521. The Hall–Kier alpha value is -2.51. The van der Waals surface area contributed by atoms with Gasteiger partial charge in [0.05, 0.1) is 18.9 Å². The molecule has 0 aromatic heterocycles. The Morgan fingerprint density at radius 3 is 2.52 bits per heavy atom. The van der Waals surface area contributed by atoms with Crippen LogP contribution in [0.3, 0.4) is 0 Å². The van der Waals surface area contributed by atoms with Crippen molar-refractivity contribution >= 4 is 17.8 Å². The fraction of sp³-hybridized carbons (Fsp3) is 0.278. The summed E-state index contributed by atoms with van der Waals surface area (Å²) in [6.45, 7) is 3.65. The number of rotatable bonds is 6. The molecule has 1 amide bonds. The maximum absolute atomic E-state index is 14.2.